The Morgan fingerprint density at radius 2 is 2.33 bits per heavy atom. The maximum Gasteiger partial charge on any atom is 0.310 e. The van der Waals surface area contributed by atoms with Crippen molar-refractivity contribution < 1.29 is 14.6 Å². The number of methoxy groups -OCH3 is 1. The minimum atomic E-state index is -0.716. The number of pyridine rings is 1. The van der Waals surface area contributed by atoms with Gasteiger partial charge < -0.3 is 9.84 Å². The minimum Gasteiger partial charge on any atom is -0.481 e. The van der Waals surface area contributed by atoms with Gasteiger partial charge in [-0.1, -0.05) is 6.07 Å². The maximum absolute atomic E-state index is 11.0. The summed E-state index contributed by atoms with van der Waals surface area (Å²) in [5.41, 5.74) is 0.230. The predicted molar refractivity (Wildman–Crippen MR) is 53.8 cm³/mol. The van der Waals surface area contributed by atoms with Crippen molar-refractivity contribution >= 4 is 5.97 Å². The van der Waals surface area contributed by atoms with Crippen LogP contribution in [-0.2, 0) is 11.2 Å². The zero-order chi connectivity index (χ0) is 10.9. The third-order valence-electron chi connectivity index (χ3n) is 2.82. The van der Waals surface area contributed by atoms with Gasteiger partial charge in [0.15, 0.2) is 0 Å². The molecule has 1 N–H and O–H groups in total. The number of hydrogen-bond donors (Lipinski definition) is 1. The molecule has 0 bridgehead atoms. The standard InChI is InChI=1S/C11H13NO3/c1-15-9-4-2-3-8(12-9)7-11(5-6-11)10(13)14/h2-4H,5-7H2,1H3,(H,13,14). The summed E-state index contributed by atoms with van der Waals surface area (Å²) >= 11 is 0. The molecule has 4 nitrogen and oxygen atoms in total. The molecule has 80 valence electrons. The van der Waals surface area contributed by atoms with Crippen molar-refractivity contribution in [3.05, 3.63) is 23.9 Å². The quantitative estimate of drug-likeness (QED) is 0.812. The van der Waals surface area contributed by atoms with E-state index in [2.05, 4.69) is 4.98 Å². The van der Waals surface area contributed by atoms with Crippen LogP contribution in [-0.4, -0.2) is 23.2 Å². The number of rotatable bonds is 4. The highest BCUT2D eigenvalue weighted by Gasteiger charge is 2.50. The largest absolute Gasteiger partial charge is 0.481 e. The van der Waals surface area contributed by atoms with E-state index < -0.39 is 11.4 Å². The summed E-state index contributed by atoms with van der Waals surface area (Å²) in [5, 5.41) is 9.03. The van der Waals surface area contributed by atoms with Gasteiger partial charge in [0.05, 0.1) is 12.5 Å². The lowest BCUT2D eigenvalue weighted by Crippen LogP contribution is -2.18. The van der Waals surface area contributed by atoms with E-state index in [9.17, 15) is 4.79 Å². The highest BCUT2D eigenvalue weighted by molar-refractivity contribution is 5.78. The number of carboxylic acids is 1. The first-order valence-corrected chi connectivity index (χ1v) is 4.90. The van der Waals surface area contributed by atoms with E-state index in [0.717, 1.165) is 18.5 Å². The predicted octanol–water partition coefficient (Wildman–Crippen LogP) is 1.50. The van der Waals surface area contributed by atoms with Crippen LogP contribution in [0.25, 0.3) is 0 Å². The number of aromatic nitrogens is 1. The summed E-state index contributed by atoms with van der Waals surface area (Å²) in [7, 11) is 1.55. The Morgan fingerprint density at radius 3 is 2.87 bits per heavy atom. The fraction of sp³-hybridized carbons (Fsp3) is 0.455. The summed E-state index contributed by atoms with van der Waals surface area (Å²) < 4.78 is 4.99. The molecular weight excluding hydrogens is 194 g/mol. The van der Waals surface area contributed by atoms with E-state index in [1.807, 2.05) is 12.1 Å². The SMILES string of the molecule is COc1cccc(CC2(C(=O)O)CC2)n1. The van der Waals surface area contributed by atoms with Crippen LogP contribution in [0.5, 0.6) is 5.88 Å². The fourth-order valence-corrected chi connectivity index (χ4v) is 1.63. The van der Waals surface area contributed by atoms with Gasteiger partial charge in [0.2, 0.25) is 5.88 Å². The maximum atomic E-state index is 11.0. The summed E-state index contributed by atoms with van der Waals surface area (Å²) in [5.74, 6) is -0.180. The Kier molecular flexibility index (Phi) is 2.34. The monoisotopic (exact) mass is 207 g/mol. The molecule has 1 heterocycles. The number of nitrogens with zero attached hydrogens (tertiary/aromatic N) is 1. The molecule has 4 heteroatoms. The number of carboxylic acid groups (broad SMARTS) is 1. The Hall–Kier alpha value is -1.58. The molecule has 1 fully saturated rings. The average molecular weight is 207 g/mol. The van der Waals surface area contributed by atoms with Crippen LogP contribution in [0.4, 0.5) is 0 Å². The van der Waals surface area contributed by atoms with Crippen molar-refractivity contribution in [3.63, 3.8) is 0 Å². The van der Waals surface area contributed by atoms with Crippen molar-refractivity contribution in [3.8, 4) is 5.88 Å². The molecule has 0 atom stereocenters. The van der Waals surface area contributed by atoms with E-state index in [0.29, 0.717) is 12.3 Å². The van der Waals surface area contributed by atoms with Crippen molar-refractivity contribution in [2.75, 3.05) is 7.11 Å². The summed E-state index contributed by atoms with van der Waals surface area (Å²) in [6.45, 7) is 0. The number of hydrogen-bond acceptors (Lipinski definition) is 3. The lowest BCUT2D eigenvalue weighted by atomic mass is 10.0. The zero-order valence-corrected chi connectivity index (χ0v) is 8.56. The van der Waals surface area contributed by atoms with Gasteiger partial charge in [-0.25, -0.2) is 4.98 Å². The van der Waals surface area contributed by atoms with E-state index in [1.165, 1.54) is 0 Å². The topological polar surface area (TPSA) is 59.4 Å². The number of ether oxygens (including phenoxy) is 1. The van der Waals surface area contributed by atoms with Gasteiger partial charge in [-0.05, 0) is 18.9 Å². The average Bonchev–Trinajstić information content (AvgIpc) is 2.99. The first-order chi connectivity index (χ1) is 7.16. The molecule has 0 saturated heterocycles. The second kappa shape index (κ2) is 3.53. The van der Waals surface area contributed by atoms with Crippen LogP contribution in [0.3, 0.4) is 0 Å². The van der Waals surface area contributed by atoms with Gasteiger partial charge in [0.1, 0.15) is 0 Å². The van der Waals surface area contributed by atoms with Crippen LogP contribution in [0.15, 0.2) is 18.2 Å². The van der Waals surface area contributed by atoms with Crippen LogP contribution < -0.4 is 4.74 Å². The van der Waals surface area contributed by atoms with Gasteiger partial charge in [-0.3, -0.25) is 4.79 Å². The molecule has 1 aromatic heterocycles. The molecule has 0 spiro atoms. The second-order valence-electron chi connectivity index (χ2n) is 3.93. The smallest absolute Gasteiger partial charge is 0.310 e. The Morgan fingerprint density at radius 1 is 1.60 bits per heavy atom. The molecule has 1 aliphatic carbocycles. The van der Waals surface area contributed by atoms with Gasteiger partial charge in [-0.15, -0.1) is 0 Å². The van der Waals surface area contributed by atoms with E-state index >= 15 is 0 Å². The first-order valence-electron chi connectivity index (χ1n) is 4.90. The van der Waals surface area contributed by atoms with Crippen molar-refractivity contribution in [2.24, 2.45) is 5.41 Å². The molecule has 1 aromatic rings. The van der Waals surface area contributed by atoms with E-state index in [4.69, 9.17) is 9.84 Å². The molecule has 15 heavy (non-hydrogen) atoms. The van der Waals surface area contributed by atoms with E-state index in [1.54, 1.807) is 13.2 Å². The molecule has 1 aliphatic rings. The summed E-state index contributed by atoms with van der Waals surface area (Å²) in [4.78, 5) is 15.2. The lowest BCUT2D eigenvalue weighted by molar-refractivity contribution is -0.143. The van der Waals surface area contributed by atoms with Crippen LogP contribution in [0.2, 0.25) is 0 Å². The Bertz CT molecular complexity index is 385. The molecule has 0 radical (unpaired) electrons. The Balaban J connectivity index is 2.14. The van der Waals surface area contributed by atoms with Gasteiger partial charge in [0.25, 0.3) is 0 Å². The molecule has 0 aromatic carbocycles. The zero-order valence-electron chi connectivity index (χ0n) is 8.56. The summed E-state index contributed by atoms with van der Waals surface area (Å²) in [6.07, 6.45) is 2.00. The molecule has 2 rings (SSSR count). The van der Waals surface area contributed by atoms with Gasteiger partial charge in [-0.2, -0.15) is 0 Å². The molecule has 0 aliphatic heterocycles. The van der Waals surface area contributed by atoms with Crippen molar-refractivity contribution in [1.82, 2.24) is 4.98 Å². The van der Waals surface area contributed by atoms with Gasteiger partial charge >= 0.3 is 5.97 Å². The van der Waals surface area contributed by atoms with Crippen molar-refractivity contribution in [2.45, 2.75) is 19.3 Å². The number of carbonyl (C=O) groups is 1. The Labute approximate surface area is 87.9 Å². The molecule has 0 amide bonds. The highest BCUT2D eigenvalue weighted by atomic mass is 16.5. The van der Waals surface area contributed by atoms with Crippen molar-refractivity contribution in [1.29, 1.82) is 0 Å². The fourth-order valence-electron chi connectivity index (χ4n) is 1.63. The first kappa shape index (κ1) is 9.96. The molecule has 1 saturated carbocycles. The lowest BCUT2D eigenvalue weighted by Gasteiger charge is -2.09. The molecular formula is C11H13NO3. The minimum absolute atomic E-state index is 0.500. The van der Waals surface area contributed by atoms with Gasteiger partial charge in [0, 0.05) is 18.2 Å². The van der Waals surface area contributed by atoms with Crippen LogP contribution in [0, 0.1) is 5.41 Å². The van der Waals surface area contributed by atoms with Crippen LogP contribution >= 0.6 is 0 Å². The normalized spacial score (nSPS) is 17.1. The number of aliphatic carboxylic acids is 1. The summed E-state index contributed by atoms with van der Waals surface area (Å²) in [6, 6.07) is 5.43. The second-order valence-corrected chi connectivity index (χ2v) is 3.93. The highest BCUT2D eigenvalue weighted by Crippen LogP contribution is 2.48. The third kappa shape index (κ3) is 1.93. The third-order valence-corrected chi connectivity index (χ3v) is 2.82. The van der Waals surface area contributed by atoms with Crippen LogP contribution in [0.1, 0.15) is 18.5 Å². The van der Waals surface area contributed by atoms with E-state index in [-0.39, 0.29) is 0 Å². The molecule has 0 unspecified atom stereocenters.